The SMILES string of the molecule is CN(C)c1ccc(C(=O)NC2CCC(N(C)c3ccc(C#N)c(C(F)(F)F)c3)CN2)cc1. The fourth-order valence-electron chi connectivity index (χ4n) is 3.74. The van der Waals surface area contributed by atoms with Crippen LogP contribution in [0.3, 0.4) is 0 Å². The van der Waals surface area contributed by atoms with Gasteiger partial charge >= 0.3 is 6.18 Å². The first-order chi connectivity index (χ1) is 15.1. The largest absolute Gasteiger partial charge is 0.417 e. The summed E-state index contributed by atoms with van der Waals surface area (Å²) in [6.07, 6.45) is -3.48. The third-order valence-corrected chi connectivity index (χ3v) is 5.72. The number of carbonyl (C=O) groups is 1. The summed E-state index contributed by atoms with van der Waals surface area (Å²) in [4.78, 5) is 16.2. The summed E-state index contributed by atoms with van der Waals surface area (Å²) in [5.74, 6) is -0.179. The lowest BCUT2D eigenvalue weighted by molar-refractivity contribution is -0.137. The molecule has 2 aromatic carbocycles. The maximum atomic E-state index is 13.3. The molecule has 1 saturated heterocycles. The molecule has 2 N–H and O–H groups in total. The quantitative estimate of drug-likeness (QED) is 0.736. The van der Waals surface area contributed by atoms with Crippen molar-refractivity contribution in [1.29, 1.82) is 5.26 Å². The molecule has 2 atom stereocenters. The van der Waals surface area contributed by atoms with E-state index in [0.717, 1.165) is 11.8 Å². The molecule has 0 saturated carbocycles. The second-order valence-corrected chi connectivity index (χ2v) is 8.06. The van der Waals surface area contributed by atoms with Crippen molar-refractivity contribution in [1.82, 2.24) is 10.6 Å². The minimum Gasteiger partial charge on any atom is -0.378 e. The van der Waals surface area contributed by atoms with Crippen LogP contribution < -0.4 is 20.4 Å². The second kappa shape index (κ2) is 9.49. The number of alkyl halides is 3. The smallest absolute Gasteiger partial charge is 0.378 e. The van der Waals surface area contributed by atoms with Gasteiger partial charge < -0.3 is 15.1 Å². The molecular weight excluding hydrogens is 419 g/mol. The Balaban J connectivity index is 1.59. The van der Waals surface area contributed by atoms with Crippen LogP contribution in [0.5, 0.6) is 0 Å². The lowest BCUT2D eigenvalue weighted by Crippen LogP contribution is -2.55. The fourth-order valence-corrected chi connectivity index (χ4v) is 3.74. The monoisotopic (exact) mass is 445 g/mol. The van der Waals surface area contributed by atoms with E-state index in [1.165, 1.54) is 12.1 Å². The van der Waals surface area contributed by atoms with Gasteiger partial charge in [-0.25, -0.2) is 0 Å². The van der Waals surface area contributed by atoms with E-state index < -0.39 is 17.3 Å². The predicted octanol–water partition coefficient (Wildman–Crippen LogP) is 3.59. The Labute approximate surface area is 185 Å². The van der Waals surface area contributed by atoms with Crippen LogP contribution in [0.25, 0.3) is 0 Å². The number of hydrogen-bond donors (Lipinski definition) is 2. The zero-order valence-electron chi connectivity index (χ0n) is 18.2. The van der Waals surface area contributed by atoms with Gasteiger partial charge in [-0.1, -0.05) is 0 Å². The summed E-state index contributed by atoms with van der Waals surface area (Å²) in [5, 5.41) is 15.2. The molecule has 0 aliphatic carbocycles. The van der Waals surface area contributed by atoms with Gasteiger partial charge in [0.1, 0.15) is 0 Å². The molecule has 0 bridgehead atoms. The van der Waals surface area contributed by atoms with E-state index in [4.69, 9.17) is 5.26 Å². The Morgan fingerprint density at radius 1 is 1.09 bits per heavy atom. The van der Waals surface area contributed by atoms with Gasteiger partial charge in [0, 0.05) is 50.7 Å². The van der Waals surface area contributed by atoms with Crippen molar-refractivity contribution in [3.05, 3.63) is 59.2 Å². The molecule has 0 spiro atoms. The summed E-state index contributed by atoms with van der Waals surface area (Å²) in [6, 6.07) is 12.6. The van der Waals surface area contributed by atoms with Gasteiger partial charge in [0.25, 0.3) is 5.91 Å². The van der Waals surface area contributed by atoms with E-state index in [9.17, 15) is 18.0 Å². The van der Waals surface area contributed by atoms with E-state index in [1.807, 2.05) is 31.1 Å². The maximum Gasteiger partial charge on any atom is 0.417 e. The van der Waals surface area contributed by atoms with Crippen LogP contribution in [-0.2, 0) is 6.18 Å². The third-order valence-electron chi connectivity index (χ3n) is 5.72. The van der Waals surface area contributed by atoms with Gasteiger partial charge in [-0.3, -0.25) is 10.1 Å². The Morgan fingerprint density at radius 2 is 1.75 bits per heavy atom. The lowest BCUT2D eigenvalue weighted by atomic mass is 10.0. The van der Waals surface area contributed by atoms with Crippen LogP contribution in [0.2, 0.25) is 0 Å². The van der Waals surface area contributed by atoms with E-state index in [-0.39, 0.29) is 18.1 Å². The molecule has 9 heteroatoms. The summed E-state index contributed by atoms with van der Waals surface area (Å²) >= 11 is 0. The number of rotatable bonds is 5. The number of carbonyl (C=O) groups excluding carboxylic acids is 1. The number of anilines is 2. The Bertz CT molecular complexity index is 990. The number of nitrogens with one attached hydrogen (secondary N) is 2. The Hall–Kier alpha value is -3.25. The van der Waals surface area contributed by atoms with Crippen LogP contribution >= 0.6 is 0 Å². The first-order valence-electron chi connectivity index (χ1n) is 10.3. The molecule has 0 radical (unpaired) electrons. The average molecular weight is 445 g/mol. The van der Waals surface area contributed by atoms with Gasteiger partial charge in [-0.05, 0) is 55.3 Å². The molecule has 1 aliphatic rings. The van der Waals surface area contributed by atoms with Crippen molar-refractivity contribution in [3.63, 3.8) is 0 Å². The highest BCUT2D eigenvalue weighted by atomic mass is 19.4. The van der Waals surface area contributed by atoms with Crippen LogP contribution in [0.4, 0.5) is 24.5 Å². The van der Waals surface area contributed by atoms with Crippen LogP contribution in [-0.4, -0.2) is 45.8 Å². The number of hydrogen-bond acceptors (Lipinski definition) is 5. The minimum absolute atomic E-state index is 0.0449. The summed E-state index contributed by atoms with van der Waals surface area (Å²) < 4.78 is 39.8. The third kappa shape index (κ3) is 5.32. The first-order valence-corrected chi connectivity index (χ1v) is 10.3. The van der Waals surface area contributed by atoms with E-state index >= 15 is 0 Å². The number of likely N-dealkylation sites (N-methyl/N-ethyl adjacent to an activating group) is 1. The standard InChI is InChI=1S/C23H26F3N5O/c1-30(2)17-7-4-15(5-8-17)22(32)29-21-11-10-19(14-28-21)31(3)18-9-6-16(13-27)20(12-18)23(24,25)26/h4-9,12,19,21,28H,10-11,14H2,1-3H3,(H,29,32). The normalized spacial score (nSPS) is 18.5. The molecule has 1 heterocycles. The molecule has 2 unspecified atom stereocenters. The molecule has 1 fully saturated rings. The zero-order chi connectivity index (χ0) is 23.5. The van der Waals surface area contributed by atoms with Gasteiger partial charge in [-0.2, -0.15) is 18.4 Å². The molecule has 3 rings (SSSR count). The van der Waals surface area contributed by atoms with Crippen LogP contribution in [0.15, 0.2) is 42.5 Å². The topological polar surface area (TPSA) is 71.4 Å². The predicted molar refractivity (Wildman–Crippen MR) is 118 cm³/mol. The highest BCUT2D eigenvalue weighted by molar-refractivity contribution is 5.94. The van der Waals surface area contributed by atoms with Gasteiger partial charge in [-0.15, -0.1) is 0 Å². The highest BCUT2D eigenvalue weighted by Gasteiger charge is 2.34. The number of nitrogens with zero attached hydrogens (tertiary/aromatic N) is 3. The fraction of sp³-hybridized carbons (Fsp3) is 0.391. The Morgan fingerprint density at radius 3 is 2.28 bits per heavy atom. The second-order valence-electron chi connectivity index (χ2n) is 8.06. The molecule has 170 valence electrons. The number of amides is 1. The molecule has 1 amide bonds. The molecule has 0 aromatic heterocycles. The van der Waals surface area contributed by atoms with Gasteiger partial charge in [0.2, 0.25) is 0 Å². The number of piperidine rings is 1. The van der Waals surface area contributed by atoms with E-state index in [0.29, 0.717) is 30.6 Å². The van der Waals surface area contributed by atoms with Crippen molar-refractivity contribution in [3.8, 4) is 6.07 Å². The van der Waals surface area contributed by atoms with Crippen LogP contribution in [0.1, 0.15) is 34.3 Å². The molecule has 6 nitrogen and oxygen atoms in total. The zero-order valence-corrected chi connectivity index (χ0v) is 18.2. The van der Waals surface area contributed by atoms with Gasteiger partial charge in [0.15, 0.2) is 0 Å². The molecule has 2 aromatic rings. The number of nitriles is 1. The Kier molecular flexibility index (Phi) is 6.94. The summed E-state index contributed by atoms with van der Waals surface area (Å²) in [7, 11) is 5.59. The van der Waals surface area contributed by atoms with Crippen molar-refractivity contribution < 1.29 is 18.0 Å². The van der Waals surface area contributed by atoms with Crippen LogP contribution in [0, 0.1) is 11.3 Å². The number of halogens is 3. The van der Waals surface area contributed by atoms with Crippen molar-refractivity contribution >= 4 is 17.3 Å². The molecular formula is C23H26F3N5O. The molecule has 32 heavy (non-hydrogen) atoms. The molecule has 1 aliphatic heterocycles. The average Bonchev–Trinajstić information content (AvgIpc) is 2.78. The lowest BCUT2D eigenvalue weighted by Gasteiger charge is -2.37. The summed E-state index contributed by atoms with van der Waals surface area (Å²) in [6.45, 7) is 0.502. The van der Waals surface area contributed by atoms with Gasteiger partial charge in [0.05, 0.1) is 23.4 Å². The minimum atomic E-state index is -4.59. The van der Waals surface area contributed by atoms with E-state index in [1.54, 1.807) is 30.1 Å². The van der Waals surface area contributed by atoms with E-state index in [2.05, 4.69) is 10.6 Å². The van der Waals surface area contributed by atoms with Crippen molar-refractivity contribution in [2.45, 2.75) is 31.2 Å². The summed E-state index contributed by atoms with van der Waals surface area (Å²) in [5.41, 5.74) is 0.636. The maximum absolute atomic E-state index is 13.3. The first kappa shape index (κ1) is 23.4. The number of benzene rings is 2. The van der Waals surface area contributed by atoms with Crippen molar-refractivity contribution in [2.75, 3.05) is 37.5 Å². The highest BCUT2D eigenvalue weighted by Crippen LogP contribution is 2.35. The van der Waals surface area contributed by atoms with Crippen molar-refractivity contribution in [2.24, 2.45) is 0 Å².